The lowest BCUT2D eigenvalue weighted by molar-refractivity contribution is -0.167. The average Bonchev–Trinajstić information content (AvgIpc) is 3.47. The van der Waals surface area contributed by atoms with Crippen molar-refractivity contribution >= 4 is 17.9 Å². The van der Waals surface area contributed by atoms with E-state index in [2.05, 4.69) is 142 Å². The molecule has 0 amide bonds. The molecule has 0 spiro atoms. The predicted molar refractivity (Wildman–Crippen MR) is 357 cm³/mol. The van der Waals surface area contributed by atoms with E-state index in [1.165, 1.54) is 148 Å². The first kappa shape index (κ1) is 77.8. The molecule has 0 bridgehead atoms. The van der Waals surface area contributed by atoms with Crippen LogP contribution in [0.3, 0.4) is 0 Å². The Bertz CT molecular complexity index is 1690. The Labute approximate surface area is 507 Å². The van der Waals surface area contributed by atoms with Gasteiger partial charge in [0, 0.05) is 19.3 Å². The Kier molecular flexibility index (Phi) is 65.8. The summed E-state index contributed by atoms with van der Waals surface area (Å²) in [5.74, 6) is -0.936. The van der Waals surface area contributed by atoms with Gasteiger partial charge in [0.15, 0.2) is 6.10 Å². The summed E-state index contributed by atoms with van der Waals surface area (Å²) in [5.41, 5.74) is 0. The Morgan fingerprint density at radius 1 is 0.256 bits per heavy atom. The Morgan fingerprint density at radius 2 is 0.488 bits per heavy atom. The summed E-state index contributed by atoms with van der Waals surface area (Å²) in [7, 11) is 0. The molecule has 0 fully saturated rings. The monoisotopic (exact) mass is 1140 g/mol. The highest BCUT2D eigenvalue weighted by molar-refractivity contribution is 5.71. The van der Waals surface area contributed by atoms with Gasteiger partial charge in [-0.25, -0.2) is 0 Å². The summed E-state index contributed by atoms with van der Waals surface area (Å²) in [6.07, 6.45) is 96.5. The molecule has 0 aromatic rings. The fraction of sp³-hybridized carbons (Fsp3) is 0.697. The third kappa shape index (κ3) is 66.6. The van der Waals surface area contributed by atoms with E-state index >= 15 is 0 Å². The third-order valence-corrected chi connectivity index (χ3v) is 14.7. The number of carbonyl (C=O) groups excluding carboxylic acids is 3. The van der Waals surface area contributed by atoms with Crippen LogP contribution in [0.5, 0.6) is 0 Å². The van der Waals surface area contributed by atoms with Crippen LogP contribution < -0.4 is 0 Å². The molecule has 0 aliphatic rings. The predicted octanol–water partition coefficient (Wildman–Crippen LogP) is 23.9. The number of carbonyl (C=O) groups is 3. The van der Waals surface area contributed by atoms with Crippen molar-refractivity contribution in [3.63, 3.8) is 0 Å². The molecule has 468 valence electrons. The SMILES string of the molecule is CC/C=C\C/C=C\C/C=C\C/C=C\C/C=C\CCCCCC(=O)OC(COC(=O)CCCCCCC/C=C\C/C=C\CCCC)COC(=O)CCCCCCCCCCCCCCCCCC/C=C\C/C=C\C/C=C\CCCCCCC. The van der Waals surface area contributed by atoms with Crippen LogP contribution >= 0.6 is 0 Å². The molecule has 6 heteroatoms. The summed E-state index contributed by atoms with van der Waals surface area (Å²) < 4.78 is 16.9. The molecule has 1 unspecified atom stereocenters. The molecule has 0 rings (SSSR count). The maximum absolute atomic E-state index is 12.9. The number of allylic oxidation sites excluding steroid dienone is 20. The molecule has 0 aromatic carbocycles. The second kappa shape index (κ2) is 69.3. The normalized spacial score (nSPS) is 12.9. The molecule has 0 radical (unpaired) electrons. The van der Waals surface area contributed by atoms with Gasteiger partial charge < -0.3 is 14.2 Å². The number of hydrogen-bond donors (Lipinski definition) is 0. The average molecular weight is 1140 g/mol. The summed E-state index contributed by atoms with van der Waals surface area (Å²) in [5, 5.41) is 0. The molecule has 0 saturated heterocycles. The van der Waals surface area contributed by atoms with Crippen LogP contribution in [-0.2, 0) is 28.6 Å². The van der Waals surface area contributed by atoms with E-state index in [1.54, 1.807) is 0 Å². The standard InChI is InChI=1S/C76H128O6/c1-4-7-10-13-16-19-22-25-28-30-32-33-34-35-36-37-38-39-40-41-42-43-45-46-48-51-54-57-60-63-66-69-75(78)81-72-73(71-80-74(77)68-65-62-59-56-53-50-27-24-21-18-15-12-9-6-3)82-76(79)70-67-64-61-58-55-52-49-47-44-31-29-26-23-20-17-14-11-8-5-2/h8,11,15,17-18,20,22,24-27,29-30,32,34-35,44,47,52,55,73H,4-7,9-10,12-14,16,19,21,23,28,31,33,36-43,45-46,48-51,53-54,56-72H2,1-3H3/b11-8-,18-15-,20-17-,25-22-,27-24-,29-26-,32-30-,35-34-,47-44-,55-52-. The molecule has 6 nitrogen and oxygen atoms in total. The van der Waals surface area contributed by atoms with Crippen LogP contribution in [0.2, 0.25) is 0 Å². The van der Waals surface area contributed by atoms with Gasteiger partial charge in [0.25, 0.3) is 0 Å². The maximum Gasteiger partial charge on any atom is 0.306 e. The lowest BCUT2D eigenvalue weighted by Crippen LogP contribution is -2.30. The van der Waals surface area contributed by atoms with E-state index in [-0.39, 0.29) is 37.5 Å². The third-order valence-electron chi connectivity index (χ3n) is 14.7. The van der Waals surface area contributed by atoms with Crippen molar-refractivity contribution in [3.05, 3.63) is 122 Å². The fourth-order valence-electron chi connectivity index (χ4n) is 9.49. The molecule has 0 aliphatic heterocycles. The van der Waals surface area contributed by atoms with E-state index in [4.69, 9.17) is 14.2 Å². The topological polar surface area (TPSA) is 78.9 Å². The second-order valence-corrected chi connectivity index (χ2v) is 22.7. The van der Waals surface area contributed by atoms with Crippen LogP contribution in [0.25, 0.3) is 0 Å². The minimum absolute atomic E-state index is 0.0969. The molecular weight excluding hydrogens is 1010 g/mol. The molecule has 1 atom stereocenters. The molecule has 0 aliphatic carbocycles. The Hall–Kier alpha value is -4.19. The van der Waals surface area contributed by atoms with E-state index < -0.39 is 6.10 Å². The van der Waals surface area contributed by atoms with E-state index in [9.17, 15) is 14.4 Å². The van der Waals surface area contributed by atoms with Crippen molar-refractivity contribution in [1.29, 1.82) is 0 Å². The van der Waals surface area contributed by atoms with Gasteiger partial charge >= 0.3 is 17.9 Å². The molecular formula is C76H128O6. The number of rotatable bonds is 62. The fourth-order valence-corrected chi connectivity index (χ4v) is 9.49. The second-order valence-electron chi connectivity index (χ2n) is 22.7. The van der Waals surface area contributed by atoms with Gasteiger partial charge in [-0.3, -0.25) is 14.4 Å². The van der Waals surface area contributed by atoms with Gasteiger partial charge in [-0.15, -0.1) is 0 Å². The van der Waals surface area contributed by atoms with Gasteiger partial charge in [0.05, 0.1) is 0 Å². The zero-order valence-electron chi connectivity index (χ0n) is 53.7. The van der Waals surface area contributed by atoms with Crippen LogP contribution in [0.4, 0.5) is 0 Å². The molecule has 0 aromatic heterocycles. The highest BCUT2D eigenvalue weighted by Gasteiger charge is 2.19. The van der Waals surface area contributed by atoms with Crippen molar-refractivity contribution in [2.75, 3.05) is 13.2 Å². The van der Waals surface area contributed by atoms with Gasteiger partial charge in [0.2, 0.25) is 0 Å². The van der Waals surface area contributed by atoms with E-state index in [0.717, 1.165) is 135 Å². The van der Waals surface area contributed by atoms with Crippen molar-refractivity contribution in [2.24, 2.45) is 0 Å². The van der Waals surface area contributed by atoms with Crippen molar-refractivity contribution in [1.82, 2.24) is 0 Å². The van der Waals surface area contributed by atoms with Crippen molar-refractivity contribution in [2.45, 2.75) is 329 Å². The summed E-state index contributed by atoms with van der Waals surface area (Å²) in [4.78, 5) is 38.4. The highest BCUT2D eigenvalue weighted by Crippen LogP contribution is 2.16. The summed E-state index contributed by atoms with van der Waals surface area (Å²) in [6.45, 7) is 6.46. The number of hydrogen-bond acceptors (Lipinski definition) is 6. The lowest BCUT2D eigenvalue weighted by atomic mass is 10.0. The summed E-state index contributed by atoms with van der Waals surface area (Å²) in [6, 6.07) is 0. The minimum atomic E-state index is -0.805. The number of unbranched alkanes of at least 4 members (excludes halogenated alkanes) is 31. The molecule has 82 heavy (non-hydrogen) atoms. The first-order chi connectivity index (χ1) is 40.5. The van der Waals surface area contributed by atoms with Crippen LogP contribution in [0.15, 0.2) is 122 Å². The first-order valence-corrected chi connectivity index (χ1v) is 34.5. The molecule has 0 heterocycles. The zero-order chi connectivity index (χ0) is 59.2. The lowest BCUT2D eigenvalue weighted by Gasteiger charge is -2.18. The van der Waals surface area contributed by atoms with Crippen LogP contribution in [0, 0.1) is 0 Å². The smallest absolute Gasteiger partial charge is 0.306 e. The Morgan fingerprint density at radius 3 is 0.793 bits per heavy atom. The van der Waals surface area contributed by atoms with Gasteiger partial charge in [-0.1, -0.05) is 296 Å². The van der Waals surface area contributed by atoms with Gasteiger partial charge in [0.1, 0.15) is 13.2 Å². The maximum atomic E-state index is 12.9. The van der Waals surface area contributed by atoms with E-state index in [0.29, 0.717) is 12.8 Å². The first-order valence-electron chi connectivity index (χ1n) is 34.5. The van der Waals surface area contributed by atoms with Gasteiger partial charge in [-0.05, 0) is 128 Å². The number of esters is 3. The summed E-state index contributed by atoms with van der Waals surface area (Å²) >= 11 is 0. The van der Waals surface area contributed by atoms with Crippen LogP contribution in [0.1, 0.15) is 323 Å². The number of ether oxygens (including phenoxy) is 3. The molecule has 0 N–H and O–H groups in total. The highest BCUT2D eigenvalue weighted by atomic mass is 16.6. The van der Waals surface area contributed by atoms with Crippen molar-refractivity contribution in [3.8, 4) is 0 Å². The van der Waals surface area contributed by atoms with Crippen LogP contribution in [-0.4, -0.2) is 37.2 Å². The Balaban J connectivity index is 4.29. The van der Waals surface area contributed by atoms with Gasteiger partial charge in [-0.2, -0.15) is 0 Å². The quantitative estimate of drug-likeness (QED) is 0.0261. The molecule has 0 saturated carbocycles. The minimum Gasteiger partial charge on any atom is -0.462 e. The van der Waals surface area contributed by atoms with E-state index in [1.807, 2.05) is 0 Å². The largest absolute Gasteiger partial charge is 0.462 e. The zero-order valence-corrected chi connectivity index (χ0v) is 53.7. The van der Waals surface area contributed by atoms with Crippen molar-refractivity contribution < 1.29 is 28.6 Å².